The maximum atomic E-state index is 12.6. The van der Waals surface area contributed by atoms with Gasteiger partial charge in [-0.2, -0.15) is 13.2 Å². The van der Waals surface area contributed by atoms with Crippen molar-refractivity contribution in [3.63, 3.8) is 0 Å². The third-order valence-corrected chi connectivity index (χ3v) is 3.56. The average Bonchev–Trinajstić information content (AvgIpc) is 2.38. The van der Waals surface area contributed by atoms with Crippen LogP contribution in [-0.4, -0.2) is 24.2 Å². The van der Waals surface area contributed by atoms with E-state index in [-0.39, 0.29) is 18.9 Å². The molecule has 0 aromatic carbocycles. The van der Waals surface area contributed by atoms with Gasteiger partial charge < -0.3 is 10.6 Å². The fourth-order valence-electron chi connectivity index (χ4n) is 2.45. The highest BCUT2D eigenvalue weighted by Gasteiger charge is 2.41. The Morgan fingerprint density at radius 2 is 2.00 bits per heavy atom. The van der Waals surface area contributed by atoms with Crippen molar-refractivity contribution in [1.82, 2.24) is 4.98 Å². The Hall–Kier alpha value is -1.30. The van der Waals surface area contributed by atoms with E-state index in [2.05, 4.69) is 4.98 Å². The van der Waals surface area contributed by atoms with E-state index in [1.807, 2.05) is 17.9 Å². The molecule has 2 N–H and O–H groups in total. The van der Waals surface area contributed by atoms with Crippen molar-refractivity contribution in [3.8, 4) is 0 Å². The Morgan fingerprint density at radius 1 is 1.37 bits per heavy atom. The van der Waals surface area contributed by atoms with Crippen molar-refractivity contribution in [1.29, 1.82) is 0 Å². The van der Waals surface area contributed by atoms with Gasteiger partial charge in [0.1, 0.15) is 5.82 Å². The standard InChI is InChI=1S/C13H18F3N3/c1-9(17)11-3-2-6-18-12(11)19-7-4-10(5-8-19)13(14,15)16/h2-3,6,9-10H,4-5,7-8,17H2,1H3. The molecule has 6 heteroatoms. The quantitative estimate of drug-likeness (QED) is 0.901. The van der Waals surface area contributed by atoms with Gasteiger partial charge in [-0.3, -0.25) is 0 Å². The maximum absolute atomic E-state index is 12.6. The number of halogens is 3. The van der Waals surface area contributed by atoms with E-state index in [4.69, 9.17) is 5.73 Å². The summed E-state index contributed by atoms with van der Waals surface area (Å²) in [6.07, 6.45) is -2.19. The van der Waals surface area contributed by atoms with Gasteiger partial charge in [0.25, 0.3) is 0 Å². The molecule has 1 unspecified atom stereocenters. The number of nitrogens with two attached hydrogens (primary N) is 1. The van der Waals surface area contributed by atoms with Crippen molar-refractivity contribution in [2.45, 2.75) is 32.0 Å². The molecule has 0 saturated carbocycles. The molecule has 0 radical (unpaired) electrons. The van der Waals surface area contributed by atoms with Gasteiger partial charge in [0.15, 0.2) is 0 Å². The van der Waals surface area contributed by atoms with E-state index >= 15 is 0 Å². The summed E-state index contributed by atoms with van der Waals surface area (Å²) in [4.78, 5) is 6.18. The molecule has 0 spiro atoms. The number of pyridine rings is 1. The zero-order chi connectivity index (χ0) is 14.0. The van der Waals surface area contributed by atoms with Gasteiger partial charge in [0, 0.05) is 30.9 Å². The number of aromatic nitrogens is 1. The average molecular weight is 273 g/mol. The normalized spacial score (nSPS) is 19.5. The van der Waals surface area contributed by atoms with E-state index in [0.29, 0.717) is 13.1 Å². The highest BCUT2D eigenvalue weighted by molar-refractivity contribution is 5.48. The second-order valence-electron chi connectivity index (χ2n) is 5.01. The van der Waals surface area contributed by atoms with Crippen LogP contribution in [0.3, 0.4) is 0 Å². The minimum atomic E-state index is -4.08. The lowest BCUT2D eigenvalue weighted by atomic mass is 9.96. The van der Waals surface area contributed by atoms with E-state index in [1.165, 1.54) is 0 Å². The minimum absolute atomic E-state index is 0.123. The molecule has 2 heterocycles. The van der Waals surface area contributed by atoms with Crippen LogP contribution in [0.1, 0.15) is 31.4 Å². The van der Waals surface area contributed by atoms with Crippen LogP contribution < -0.4 is 10.6 Å². The first-order chi connectivity index (χ1) is 8.89. The highest BCUT2D eigenvalue weighted by Crippen LogP contribution is 2.36. The zero-order valence-electron chi connectivity index (χ0n) is 10.8. The van der Waals surface area contributed by atoms with Gasteiger partial charge in [-0.15, -0.1) is 0 Å². The summed E-state index contributed by atoms with van der Waals surface area (Å²) in [6.45, 7) is 2.60. The SMILES string of the molecule is CC(N)c1cccnc1N1CCC(C(F)(F)F)CC1. The molecule has 3 nitrogen and oxygen atoms in total. The topological polar surface area (TPSA) is 42.1 Å². The molecule has 1 aliphatic heterocycles. The summed E-state index contributed by atoms with van der Waals surface area (Å²) < 4.78 is 37.9. The molecule has 1 saturated heterocycles. The molecule has 106 valence electrons. The van der Waals surface area contributed by atoms with Crippen LogP contribution in [0.4, 0.5) is 19.0 Å². The first kappa shape index (κ1) is 14.1. The highest BCUT2D eigenvalue weighted by atomic mass is 19.4. The molecule has 1 atom stereocenters. The monoisotopic (exact) mass is 273 g/mol. The smallest absolute Gasteiger partial charge is 0.356 e. The zero-order valence-corrected chi connectivity index (χ0v) is 10.8. The first-order valence-corrected chi connectivity index (χ1v) is 6.41. The summed E-state index contributed by atoms with van der Waals surface area (Å²) in [5.41, 5.74) is 6.75. The fourth-order valence-corrected chi connectivity index (χ4v) is 2.45. The van der Waals surface area contributed by atoms with Crippen LogP contribution in [0, 0.1) is 5.92 Å². The predicted octanol–water partition coefficient (Wildman–Crippen LogP) is 2.88. The number of hydrogen-bond acceptors (Lipinski definition) is 3. The Balaban J connectivity index is 2.10. The summed E-state index contributed by atoms with van der Waals surface area (Å²) >= 11 is 0. The van der Waals surface area contributed by atoms with Gasteiger partial charge in [0.05, 0.1) is 5.92 Å². The maximum Gasteiger partial charge on any atom is 0.391 e. The van der Waals surface area contributed by atoms with Gasteiger partial charge in [0.2, 0.25) is 0 Å². The Kier molecular flexibility index (Phi) is 3.99. The van der Waals surface area contributed by atoms with Crippen LogP contribution in [-0.2, 0) is 0 Å². The van der Waals surface area contributed by atoms with Crippen molar-refractivity contribution < 1.29 is 13.2 Å². The molecule has 1 aliphatic rings. The van der Waals surface area contributed by atoms with Crippen molar-refractivity contribution in [2.24, 2.45) is 11.7 Å². The molecule has 19 heavy (non-hydrogen) atoms. The summed E-state index contributed by atoms with van der Waals surface area (Å²) in [7, 11) is 0. The molecule has 2 rings (SSSR count). The van der Waals surface area contributed by atoms with E-state index in [1.54, 1.807) is 12.3 Å². The van der Waals surface area contributed by atoms with Crippen LogP contribution >= 0.6 is 0 Å². The molecule has 0 bridgehead atoms. The molecule has 1 fully saturated rings. The van der Waals surface area contributed by atoms with Crippen molar-refractivity contribution >= 4 is 5.82 Å². The first-order valence-electron chi connectivity index (χ1n) is 6.41. The van der Waals surface area contributed by atoms with Gasteiger partial charge in [-0.1, -0.05) is 6.07 Å². The largest absolute Gasteiger partial charge is 0.391 e. The number of piperidine rings is 1. The lowest BCUT2D eigenvalue weighted by Gasteiger charge is -2.34. The third kappa shape index (κ3) is 3.18. The molecular formula is C13H18F3N3. The number of rotatable bonds is 2. The molecular weight excluding hydrogens is 255 g/mol. The Labute approximate surface area is 110 Å². The lowest BCUT2D eigenvalue weighted by molar-refractivity contribution is -0.179. The molecule has 1 aromatic rings. The fraction of sp³-hybridized carbons (Fsp3) is 0.615. The van der Waals surface area contributed by atoms with Crippen LogP contribution in [0.2, 0.25) is 0 Å². The summed E-state index contributed by atoms with van der Waals surface area (Å²) in [5.74, 6) is -0.468. The number of nitrogens with zero attached hydrogens (tertiary/aromatic N) is 2. The minimum Gasteiger partial charge on any atom is -0.356 e. The summed E-state index contributed by atoms with van der Waals surface area (Å²) in [6, 6.07) is 3.50. The van der Waals surface area contributed by atoms with Crippen LogP contribution in [0.15, 0.2) is 18.3 Å². The molecule has 1 aromatic heterocycles. The number of anilines is 1. The predicted molar refractivity (Wildman–Crippen MR) is 67.8 cm³/mol. The van der Waals surface area contributed by atoms with Crippen molar-refractivity contribution in [3.05, 3.63) is 23.9 Å². The molecule has 0 amide bonds. The van der Waals surface area contributed by atoms with Gasteiger partial charge >= 0.3 is 6.18 Å². The Morgan fingerprint density at radius 3 is 2.53 bits per heavy atom. The van der Waals surface area contributed by atoms with E-state index in [9.17, 15) is 13.2 Å². The van der Waals surface area contributed by atoms with E-state index in [0.717, 1.165) is 11.4 Å². The second-order valence-corrected chi connectivity index (χ2v) is 5.01. The number of hydrogen-bond donors (Lipinski definition) is 1. The van der Waals surface area contributed by atoms with Crippen LogP contribution in [0.5, 0.6) is 0 Å². The van der Waals surface area contributed by atoms with E-state index < -0.39 is 12.1 Å². The van der Waals surface area contributed by atoms with Gasteiger partial charge in [-0.05, 0) is 25.8 Å². The Bertz CT molecular complexity index is 423. The van der Waals surface area contributed by atoms with Crippen molar-refractivity contribution in [2.75, 3.05) is 18.0 Å². The van der Waals surface area contributed by atoms with Gasteiger partial charge in [-0.25, -0.2) is 4.98 Å². The second kappa shape index (κ2) is 5.36. The third-order valence-electron chi connectivity index (χ3n) is 3.56. The van der Waals surface area contributed by atoms with Crippen LogP contribution in [0.25, 0.3) is 0 Å². The summed E-state index contributed by atoms with van der Waals surface area (Å²) in [5, 5.41) is 0. The number of alkyl halides is 3. The lowest BCUT2D eigenvalue weighted by Crippen LogP contribution is -2.40. The molecule has 0 aliphatic carbocycles.